The molecule has 2 heterocycles. The van der Waals surface area contributed by atoms with Gasteiger partial charge in [0.1, 0.15) is 11.6 Å². The summed E-state index contributed by atoms with van der Waals surface area (Å²) in [5.74, 6) is 2.92. The summed E-state index contributed by atoms with van der Waals surface area (Å²) in [5, 5.41) is 7.09. The van der Waals surface area contributed by atoms with E-state index >= 15 is 0 Å². The molecular weight excluding hydrogens is 416 g/mol. The second kappa shape index (κ2) is 10.1. The summed E-state index contributed by atoms with van der Waals surface area (Å²) < 4.78 is 11.3. The van der Waals surface area contributed by atoms with Gasteiger partial charge in [-0.2, -0.15) is 0 Å². The van der Waals surface area contributed by atoms with Crippen molar-refractivity contribution < 1.29 is 14.1 Å². The van der Waals surface area contributed by atoms with E-state index in [1.54, 1.807) is 6.92 Å². The lowest BCUT2D eigenvalue weighted by Gasteiger charge is -2.29. The van der Waals surface area contributed by atoms with Crippen LogP contribution < -0.4 is 10.1 Å². The van der Waals surface area contributed by atoms with Crippen LogP contribution in [0.4, 0.5) is 0 Å². The molecule has 1 atom stereocenters. The molecule has 3 aromatic rings. The van der Waals surface area contributed by atoms with Crippen molar-refractivity contribution in [2.24, 2.45) is 5.92 Å². The zero-order valence-corrected chi connectivity index (χ0v) is 19.8. The van der Waals surface area contributed by atoms with E-state index in [1.165, 1.54) is 0 Å². The summed E-state index contributed by atoms with van der Waals surface area (Å²) in [6.07, 6.45) is 5.44. The lowest BCUT2D eigenvalue weighted by molar-refractivity contribution is -0.127. The van der Waals surface area contributed by atoms with Crippen LogP contribution >= 0.6 is 0 Å². The zero-order valence-electron chi connectivity index (χ0n) is 19.8. The fourth-order valence-electron chi connectivity index (χ4n) is 4.38. The number of hydrogen-bond donors (Lipinski definition) is 1. The molecule has 0 saturated heterocycles. The molecule has 1 aliphatic rings. The lowest BCUT2D eigenvalue weighted by atomic mass is 9.79. The number of aromatic nitrogens is 3. The zero-order chi connectivity index (χ0) is 23.4. The molecule has 2 aromatic heterocycles. The summed E-state index contributed by atoms with van der Waals surface area (Å²) in [5.41, 5.74) is 3.98. The smallest absolute Gasteiger partial charge is 0.260 e. The molecule has 33 heavy (non-hydrogen) atoms. The van der Waals surface area contributed by atoms with Crippen molar-refractivity contribution >= 4 is 5.91 Å². The number of nitrogens with one attached hydrogen (secondary N) is 1. The van der Waals surface area contributed by atoms with E-state index in [0.29, 0.717) is 24.1 Å². The van der Waals surface area contributed by atoms with E-state index in [-0.39, 0.29) is 5.91 Å². The van der Waals surface area contributed by atoms with E-state index < -0.39 is 6.10 Å². The molecule has 0 radical (unpaired) electrons. The monoisotopic (exact) mass is 448 g/mol. The molecule has 1 aromatic carbocycles. The molecule has 1 fully saturated rings. The minimum Gasteiger partial charge on any atom is -0.481 e. The minimum absolute atomic E-state index is 0.0768. The molecule has 1 aliphatic carbocycles. The molecule has 0 aliphatic heterocycles. The van der Waals surface area contributed by atoms with Gasteiger partial charge in [0, 0.05) is 24.7 Å². The highest BCUT2D eigenvalue weighted by Crippen LogP contribution is 2.38. The van der Waals surface area contributed by atoms with Crippen LogP contribution in [-0.4, -0.2) is 33.7 Å². The van der Waals surface area contributed by atoms with Gasteiger partial charge in [-0.05, 0) is 71.4 Å². The number of benzene rings is 1. The van der Waals surface area contributed by atoms with Crippen LogP contribution in [0.2, 0.25) is 0 Å². The molecule has 0 bridgehead atoms. The van der Waals surface area contributed by atoms with Crippen LogP contribution in [0.1, 0.15) is 61.3 Å². The van der Waals surface area contributed by atoms with Crippen molar-refractivity contribution in [3.8, 4) is 17.1 Å². The van der Waals surface area contributed by atoms with Crippen molar-refractivity contribution in [2.45, 2.75) is 65.4 Å². The normalized spacial score (nSPS) is 19.2. The average Bonchev–Trinajstić information content (AvgIpc) is 3.25. The molecule has 174 valence electrons. The third-order valence-corrected chi connectivity index (χ3v) is 6.33. The third-order valence-electron chi connectivity index (χ3n) is 6.33. The second-order valence-corrected chi connectivity index (χ2v) is 9.08. The highest BCUT2D eigenvalue weighted by Gasteiger charge is 2.27. The summed E-state index contributed by atoms with van der Waals surface area (Å²) in [6.45, 7) is 8.31. The predicted molar refractivity (Wildman–Crippen MR) is 126 cm³/mol. The Morgan fingerprint density at radius 2 is 1.88 bits per heavy atom. The van der Waals surface area contributed by atoms with Gasteiger partial charge in [0.25, 0.3) is 5.91 Å². The SMILES string of the molecule is Cc1ccc(O[C@@H](C)C(=O)NCC2CCC(c3nc(C)ncc3-c3cc(C)no3)CC2)cc1. The Morgan fingerprint density at radius 3 is 2.55 bits per heavy atom. The van der Waals surface area contributed by atoms with Gasteiger partial charge >= 0.3 is 0 Å². The van der Waals surface area contributed by atoms with Gasteiger partial charge in [-0.15, -0.1) is 0 Å². The van der Waals surface area contributed by atoms with Gasteiger partial charge in [0.15, 0.2) is 11.9 Å². The Labute approximate surface area is 195 Å². The Morgan fingerprint density at radius 1 is 1.15 bits per heavy atom. The maximum Gasteiger partial charge on any atom is 0.260 e. The van der Waals surface area contributed by atoms with Crippen molar-refractivity contribution in [3.63, 3.8) is 0 Å². The molecule has 0 spiro atoms. The fourth-order valence-corrected chi connectivity index (χ4v) is 4.38. The molecule has 1 N–H and O–H groups in total. The van der Waals surface area contributed by atoms with Gasteiger partial charge in [-0.3, -0.25) is 4.79 Å². The van der Waals surface area contributed by atoms with Gasteiger partial charge in [0.2, 0.25) is 0 Å². The van der Waals surface area contributed by atoms with Crippen LogP contribution in [0.5, 0.6) is 5.75 Å². The standard InChI is InChI=1S/C26H32N4O3/c1-16-5-11-22(12-6-16)32-18(3)26(31)28-14-20-7-9-21(10-8-20)25-23(15-27-19(4)29-25)24-13-17(2)30-33-24/h5-6,11-13,15,18,20-21H,7-10,14H2,1-4H3,(H,28,31)/t18-,20?,21?/m0/s1. The van der Waals surface area contributed by atoms with Gasteiger partial charge in [-0.25, -0.2) is 9.97 Å². The Hall–Kier alpha value is -3.22. The highest BCUT2D eigenvalue weighted by molar-refractivity contribution is 5.80. The largest absolute Gasteiger partial charge is 0.481 e. The van der Waals surface area contributed by atoms with Gasteiger partial charge < -0.3 is 14.6 Å². The summed E-state index contributed by atoms with van der Waals surface area (Å²) in [6, 6.07) is 9.67. The van der Waals surface area contributed by atoms with E-state index in [4.69, 9.17) is 14.2 Å². The maximum absolute atomic E-state index is 12.5. The average molecular weight is 449 g/mol. The van der Waals surface area contributed by atoms with Crippen molar-refractivity contribution in [1.82, 2.24) is 20.4 Å². The lowest BCUT2D eigenvalue weighted by Crippen LogP contribution is -2.39. The number of ether oxygens (including phenoxy) is 1. The van der Waals surface area contributed by atoms with Crippen molar-refractivity contribution in [1.29, 1.82) is 0 Å². The van der Waals surface area contributed by atoms with Gasteiger partial charge in [-0.1, -0.05) is 22.9 Å². The highest BCUT2D eigenvalue weighted by atomic mass is 16.5. The van der Waals surface area contributed by atoms with Crippen LogP contribution in [0.15, 0.2) is 41.1 Å². The predicted octanol–water partition coefficient (Wildman–Crippen LogP) is 4.91. The summed E-state index contributed by atoms with van der Waals surface area (Å²) >= 11 is 0. The molecule has 0 unspecified atom stereocenters. The minimum atomic E-state index is -0.527. The Kier molecular flexibility index (Phi) is 7.06. The van der Waals surface area contributed by atoms with E-state index in [1.807, 2.05) is 57.3 Å². The first-order chi connectivity index (χ1) is 15.9. The third kappa shape index (κ3) is 5.78. The van der Waals surface area contributed by atoms with Crippen LogP contribution in [-0.2, 0) is 4.79 Å². The molecular formula is C26H32N4O3. The number of rotatable bonds is 7. The van der Waals surface area contributed by atoms with Crippen molar-refractivity contribution in [2.75, 3.05) is 6.54 Å². The van der Waals surface area contributed by atoms with Crippen molar-refractivity contribution in [3.05, 3.63) is 59.3 Å². The summed E-state index contributed by atoms with van der Waals surface area (Å²) in [7, 11) is 0. The summed E-state index contributed by atoms with van der Waals surface area (Å²) in [4.78, 5) is 21.7. The molecule has 7 nitrogen and oxygen atoms in total. The number of hydrogen-bond acceptors (Lipinski definition) is 6. The van der Waals surface area contributed by atoms with Gasteiger partial charge in [0.05, 0.1) is 17.0 Å². The molecule has 1 saturated carbocycles. The quantitative estimate of drug-likeness (QED) is 0.552. The van der Waals surface area contributed by atoms with E-state index in [0.717, 1.165) is 59.8 Å². The number of carbonyl (C=O) groups excluding carboxylic acids is 1. The van der Waals surface area contributed by atoms with Crippen LogP contribution in [0, 0.1) is 26.7 Å². The van der Waals surface area contributed by atoms with Crippen LogP contribution in [0.25, 0.3) is 11.3 Å². The number of amides is 1. The molecule has 7 heteroatoms. The number of aryl methyl sites for hydroxylation is 3. The molecule has 1 amide bonds. The second-order valence-electron chi connectivity index (χ2n) is 9.08. The Bertz CT molecular complexity index is 1090. The topological polar surface area (TPSA) is 90.1 Å². The molecule has 4 rings (SSSR count). The van der Waals surface area contributed by atoms with E-state index in [9.17, 15) is 4.79 Å². The Balaban J connectivity index is 1.30. The number of nitrogens with zero attached hydrogens (tertiary/aromatic N) is 3. The fraction of sp³-hybridized carbons (Fsp3) is 0.462. The first-order valence-electron chi connectivity index (χ1n) is 11.7. The maximum atomic E-state index is 12.5. The van der Waals surface area contributed by atoms with E-state index in [2.05, 4.69) is 15.5 Å². The first kappa shape index (κ1) is 23.0. The first-order valence-corrected chi connectivity index (χ1v) is 11.7. The number of carbonyl (C=O) groups is 1. The van der Waals surface area contributed by atoms with Crippen LogP contribution in [0.3, 0.4) is 0 Å².